The molecular weight excluding hydrogens is 324 g/mol. The highest BCUT2D eigenvalue weighted by Crippen LogP contribution is 2.17. The molecule has 1 N–H and O–H groups in total. The number of carbonyl (C=O) groups is 1. The maximum Gasteiger partial charge on any atom is 0.228 e. The van der Waals surface area contributed by atoms with Gasteiger partial charge in [-0.15, -0.1) is 16.4 Å². The van der Waals surface area contributed by atoms with E-state index in [2.05, 4.69) is 20.5 Å². The summed E-state index contributed by atoms with van der Waals surface area (Å²) in [7, 11) is 0. The second kappa shape index (κ2) is 6.56. The van der Waals surface area contributed by atoms with Gasteiger partial charge in [0.1, 0.15) is 5.82 Å². The summed E-state index contributed by atoms with van der Waals surface area (Å²) in [5.74, 6) is 0.944. The van der Waals surface area contributed by atoms with Gasteiger partial charge in [0.05, 0.1) is 12.1 Å². The predicted molar refractivity (Wildman–Crippen MR) is 92.0 cm³/mol. The van der Waals surface area contributed by atoms with Crippen LogP contribution in [-0.2, 0) is 11.2 Å². The molecule has 7 nitrogen and oxygen atoms in total. The van der Waals surface area contributed by atoms with Gasteiger partial charge in [-0.25, -0.2) is 4.98 Å². The number of rotatable bonds is 4. The SMILES string of the molecule is O=C(Cc1cn2ccsc2n1)N1CCC(Nc2cccnn2)CC1. The van der Waals surface area contributed by atoms with Gasteiger partial charge in [0.25, 0.3) is 0 Å². The lowest BCUT2D eigenvalue weighted by Crippen LogP contribution is -2.43. The van der Waals surface area contributed by atoms with Crippen molar-refractivity contribution in [3.63, 3.8) is 0 Å². The van der Waals surface area contributed by atoms with Gasteiger partial charge in [0, 0.05) is 43.1 Å². The van der Waals surface area contributed by atoms with Gasteiger partial charge >= 0.3 is 0 Å². The Morgan fingerprint density at radius 1 is 1.38 bits per heavy atom. The summed E-state index contributed by atoms with van der Waals surface area (Å²) in [5, 5.41) is 13.3. The number of nitrogens with zero attached hydrogens (tertiary/aromatic N) is 5. The summed E-state index contributed by atoms with van der Waals surface area (Å²) in [6.07, 6.45) is 7.76. The molecule has 4 heterocycles. The molecule has 1 saturated heterocycles. The number of thiazole rings is 1. The molecule has 0 radical (unpaired) electrons. The molecule has 1 aliphatic rings. The zero-order chi connectivity index (χ0) is 16.4. The highest BCUT2D eigenvalue weighted by molar-refractivity contribution is 7.15. The van der Waals surface area contributed by atoms with Crippen molar-refractivity contribution in [1.82, 2.24) is 24.5 Å². The first-order valence-corrected chi connectivity index (χ1v) is 8.89. The normalized spacial score (nSPS) is 15.8. The van der Waals surface area contributed by atoms with Gasteiger partial charge in [-0.05, 0) is 25.0 Å². The number of piperidine rings is 1. The van der Waals surface area contributed by atoms with Crippen molar-refractivity contribution in [2.45, 2.75) is 25.3 Å². The van der Waals surface area contributed by atoms with Gasteiger partial charge in [-0.1, -0.05) is 0 Å². The highest BCUT2D eigenvalue weighted by atomic mass is 32.1. The second-order valence-electron chi connectivity index (χ2n) is 5.91. The van der Waals surface area contributed by atoms with Crippen molar-refractivity contribution in [3.05, 3.63) is 41.8 Å². The van der Waals surface area contributed by atoms with Gasteiger partial charge in [0.2, 0.25) is 5.91 Å². The van der Waals surface area contributed by atoms with E-state index in [1.807, 2.05) is 39.2 Å². The molecule has 24 heavy (non-hydrogen) atoms. The molecule has 0 spiro atoms. The maximum absolute atomic E-state index is 12.5. The first-order chi connectivity index (χ1) is 11.8. The van der Waals surface area contributed by atoms with Crippen LogP contribution in [0.2, 0.25) is 0 Å². The molecule has 4 rings (SSSR count). The minimum atomic E-state index is 0.152. The zero-order valence-corrected chi connectivity index (χ0v) is 13.9. The summed E-state index contributed by atoms with van der Waals surface area (Å²) in [6, 6.07) is 4.11. The molecule has 1 aliphatic heterocycles. The van der Waals surface area contributed by atoms with Crippen molar-refractivity contribution in [2.75, 3.05) is 18.4 Å². The van der Waals surface area contributed by atoms with E-state index in [4.69, 9.17) is 0 Å². The van der Waals surface area contributed by atoms with Crippen LogP contribution in [0.4, 0.5) is 5.82 Å². The molecule has 1 fully saturated rings. The van der Waals surface area contributed by atoms with E-state index in [-0.39, 0.29) is 5.91 Å². The number of anilines is 1. The number of carbonyl (C=O) groups excluding carboxylic acids is 1. The predicted octanol–water partition coefficient (Wildman–Crippen LogP) is 1.83. The van der Waals surface area contributed by atoms with Crippen LogP contribution in [0.25, 0.3) is 4.96 Å². The van der Waals surface area contributed by atoms with E-state index in [1.54, 1.807) is 17.5 Å². The van der Waals surface area contributed by atoms with Crippen molar-refractivity contribution in [3.8, 4) is 0 Å². The molecule has 0 bridgehead atoms. The third-order valence-corrected chi connectivity index (χ3v) is 5.02. The van der Waals surface area contributed by atoms with Crippen LogP contribution in [-0.4, -0.2) is 49.5 Å². The van der Waals surface area contributed by atoms with Crippen LogP contribution < -0.4 is 5.32 Å². The van der Waals surface area contributed by atoms with Crippen LogP contribution >= 0.6 is 11.3 Å². The lowest BCUT2D eigenvalue weighted by Gasteiger charge is -2.32. The average Bonchev–Trinajstić information content (AvgIpc) is 3.18. The summed E-state index contributed by atoms with van der Waals surface area (Å²) in [5.41, 5.74) is 0.839. The average molecular weight is 342 g/mol. The Bertz CT molecular complexity index is 793. The summed E-state index contributed by atoms with van der Waals surface area (Å²) < 4.78 is 1.96. The van der Waals surface area contributed by atoms with E-state index in [0.717, 1.165) is 42.4 Å². The maximum atomic E-state index is 12.5. The van der Waals surface area contributed by atoms with Crippen molar-refractivity contribution in [2.24, 2.45) is 0 Å². The van der Waals surface area contributed by atoms with Crippen LogP contribution in [0.5, 0.6) is 0 Å². The minimum Gasteiger partial charge on any atom is -0.366 e. The molecule has 124 valence electrons. The number of imidazole rings is 1. The number of likely N-dealkylation sites (tertiary alicyclic amines) is 1. The van der Waals surface area contributed by atoms with Crippen LogP contribution in [0.3, 0.4) is 0 Å². The highest BCUT2D eigenvalue weighted by Gasteiger charge is 2.23. The quantitative estimate of drug-likeness (QED) is 0.783. The zero-order valence-electron chi connectivity index (χ0n) is 13.1. The molecule has 3 aromatic rings. The fourth-order valence-corrected chi connectivity index (χ4v) is 3.71. The van der Waals surface area contributed by atoms with E-state index < -0.39 is 0 Å². The molecule has 0 aromatic carbocycles. The lowest BCUT2D eigenvalue weighted by molar-refractivity contribution is -0.131. The second-order valence-corrected chi connectivity index (χ2v) is 6.78. The molecule has 8 heteroatoms. The monoisotopic (exact) mass is 342 g/mol. The Hall–Kier alpha value is -2.48. The Labute approximate surface area is 143 Å². The van der Waals surface area contributed by atoms with E-state index in [1.165, 1.54) is 0 Å². The van der Waals surface area contributed by atoms with Gasteiger partial charge in [0.15, 0.2) is 4.96 Å². The van der Waals surface area contributed by atoms with Crippen LogP contribution in [0, 0.1) is 0 Å². The minimum absolute atomic E-state index is 0.152. The Morgan fingerprint density at radius 3 is 3.00 bits per heavy atom. The Balaban J connectivity index is 1.30. The van der Waals surface area contributed by atoms with Crippen molar-refractivity contribution in [1.29, 1.82) is 0 Å². The van der Waals surface area contributed by atoms with E-state index >= 15 is 0 Å². The summed E-state index contributed by atoms with van der Waals surface area (Å²) in [4.78, 5) is 19.8. The van der Waals surface area contributed by atoms with Gasteiger partial charge in [-0.2, -0.15) is 5.10 Å². The first-order valence-electron chi connectivity index (χ1n) is 8.01. The number of hydrogen-bond acceptors (Lipinski definition) is 6. The van der Waals surface area contributed by atoms with Crippen LogP contribution in [0.15, 0.2) is 36.1 Å². The fourth-order valence-electron chi connectivity index (χ4n) is 2.99. The third kappa shape index (κ3) is 3.23. The Kier molecular flexibility index (Phi) is 4.12. The molecule has 1 amide bonds. The van der Waals surface area contributed by atoms with E-state index in [0.29, 0.717) is 12.5 Å². The fraction of sp³-hybridized carbons (Fsp3) is 0.375. The van der Waals surface area contributed by atoms with Gasteiger partial charge in [-0.3, -0.25) is 9.20 Å². The van der Waals surface area contributed by atoms with Crippen molar-refractivity contribution < 1.29 is 4.79 Å². The first kappa shape index (κ1) is 15.1. The molecule has 0 aliphatic carbocycles. The number of hydrogen-bond donors (Lipinski definition) is 1. The molecule has 3 aromatic heterocycles. The number of amides is 1. The lowest BCUT2D eigenvalue weighted by atomic mass is 10.0. The van der Waals surface area contributed by atoms with Gasteiger partial charge < -0.3 is 10.2 Å². The molecule has 0 saturated carbocycles. The topological polar surface area (TPSA) is 75.4 Å². The third-order valence-electron chi connectivity index (χ3n) is 4.25. The smallest absolute Gasteiger partial charge is 0.228 e. The number of aromatic nitrogens is 4. The summed E-state index contributed by atoms with van der Waals surface area (Å²) >= 11 is 1.58. The van der Waals surface area contributed by atoms with E-state index in [9.17, 15) is 4.79 Å². The number of nitrogens with one attached hydrogen (secondary N) is 1. The Morgan fingerprint density at radius 2 is 2.25 bits per heavy atom. The molecule has 0 unspecified atom stereocenters. The number of fused-ring (bicyclic) bond motifs is 1. The molecular formula is C16H18N6OS. The summed E-state index contributed by atoms with van der Waals surface area (Å²) in [6.45, 7) is 1.53. The van der Waals surface area contributed by atoms with Crippen LogP contribution in [0.1, 0.15) is 18.5 Å². The standard InChI is InChI=1S/C16H18N6OS/c23-15(10-13-11-22-8-9-24-16(22)19-13)21-6-3-12(4-7-21)18-14-2-1-5-17-20-14/h1-2,5,8-9,11-12H,3-4,6-7,10H2,(H,18,20). The molecule has 0 atom stereocenters. The van der Waals surface area contributed by atoms with Crippen molar-refractivity contribution >= 4 is 28.0 Å². The largest absolute Gasteiger partial charge is 0.366 e.